The highest BCUT2D eigenvalue weighted by Crippen LogP contribution is 2.32. The Morgan fingerprint density at radius 3 is 2.62 bits per heavy atom. The molecule has 0 saturated carbocycles. The summed E-state index contributed by atoms with van der Waals surface area (Å²) in [5.41, 5.74) is 3.64. The van der Waals surface area contributed by atoms with Crippen molar-refractivity contribution in [2.24, 2.45) is 5.10 Å². The maximum absolute atomic E-state index is 12.7. The van der Waals surface area contributed by atoms with E-state index in [1.165, 1.54) is 6.21 Å². The molecule has 0 fully saturated rings. The first-order valence-electron chi connectivity index (χ1n) is 10.3. The molecule has 0 radical (unpaired) electrons. The fourth-order valence-electron chi connectivity index (χ4n) is 3.54. The maximum Gasteiger partial charge on any atom is 0.345 e. The van der Waals surface area contributed by atoms with Crippen molar-refractivity contribution in [1.82, 2.24) is 5.43 Å². The van der Waals surface area contributed by atoms with Crippen molar-refractivity contribution < 1.29 is 23.8 Å². The number of hydrazone groups is 1. The average molecular weight is 473 g/mol. The monoisotopic (exact) mass is 472 g/mol. The summed E-state index contributed by atoms with van der Waals surface area (Å²) >= 11 is 6.14. The highest BCUT2D eigenvalue weighted by Gasteiger charge is 2.17. The van der Waals surface area contributed by atoms with E-state index in [1.54, 1.807) is 48.5 Å². The van der Waals surface area contributed by atoms with Crippen LogP contribution in [-0.4, -0.2) is 24.9 Å². The van der Waals surface area contributed by atoms with Crippen molar-refractivity contribution in [3.63, 3.8) is 0 Å². The smallest absolute Gasteiger partial charge is 0.345 e. The molecule has 1 aliphatic rings. The van der Waals surface area contributed by atoms with Crippen LogP contribution in [0.4, 0.5) is 0 Å². The maximum atomic E-state index is 12.7. The van der Waals surface area contributed by atoms with Crippen molar-refractivity contribution in [1.29, 1.82) is 0 Å². The molecule has 0 bridgehead atoms. The molecule has 1 N–H and O–H groups in total. The molecule has 1 aliphatic heterocycles. The lowest BCUT2D eigenvalue weighted by atomic mass is 10.0. The van der Waals surface area contributed by atoms with E-state index in [4.69, 9.17) is 25.8 Å². The van der Waals surface area contributed by atoms with E-state index in [0.29, 0.717) is 27.6 Å². The Bertz CT molecular complexity index is 1450. The van der Waals surface area contributed by atoms with Crippen LogP contribution >= 0.6 is 11.6 Å². The van der Waals surface area contributed by atoms with Crippen LogP contribution in [0.15, 0.2) is 84.0 Å². The van der Waals surface area contributed by atoms with Gasteiger partial charge in [0.2, 0.25) is 6.79 Å². The number of carbonyl (C=O) groups excluding carboxylic acids is 2. The second-order valence-corrected chi connectivity index (χ2v) is 7.74. The van der Waals surface area contributed by atoms with Gasteiger partial charge in [-0.3, -0.25) is 4.79 Å². The molecule has 0 aromatic heterocycles. The average Bonchev–Trinajstić information content (AvgIpc) is 3.33. The van der Waals surface area contributed by atoms with Crippen LogP contribution < -0.4 is 19.6 Å². The summed E-state index contributed by atoms with van der Waals surface area (Å²) < 4.78 is 16.2. The third kappa shape index (κ3) is 4.29. The molecule has 1 amide bonds. The molecule has 34 heavy (non-hydrogen) atoms. The van der Waals surface area contributed by atoms with Gasteiger partial charge in [0.25, 0.3) is 5.91 Å². The lowest BCUT2D eigenvalue weighted by molar-refractivity contribution is 0.0734. The zero-order valence-corrected chi connectivity index (χ0v) is 18.4. The Labute approximate surface area is 199 Å². The van der Waals surface area contributed by atoms with Crippen LogP contribution in [0, 0.1) is 0 Å². The van der Waals surface area contributed by atoms with Crippen molar-refractivity contribution in [2.75, 3.05) is 6.79 Å². The molecule has 7 nitrogen and oxygen atoms in total. The van der Waals surface area contributed by atoms with Crippen LogP contribution in [0.2, 0.25) is 5.02 Å². The Balaban J connectivity index is 1.42. The Morgan fingerprint density at radius 1 is 0.941 bits per heavy atom. The largest absolute Gasteiger partial charge is 0.454 e. The second kappa shape index (κ2) is 9.25. The lowest BCUT2D eigenvalue weighted by Crippen LogP contribution is -2.17. The number of hydrogen-bond acceptors (Lipinski definition) is 6. The summed E-state index contributed by atoms with van der Waals surface area (Å²) in [6.07, 6.45) is 1.45. The summed E-state index contributed by atoms with van der Waals surface area (Å²) in [7, 11) is 0. The first-order chi connectivity index (χ1) is 16.6. The number of esters is 1. The SMILES string of the molecule is O=C(N/N=C\c1c(OC(=O)c2ccccc2Cl)ccc2ccccc12)c1ccc2c(c1)OCO2. The fourth-order valence-corrected chi connectivity index (χ4v) is 3.75. The third-order valence-corrected chi connectivity index (χ3v) is 5.55. The Morgan fingerprint density at radius 2 is 1.74 bits per heavy atom. The van der Waals surface area contributed by atoms with Gasteiger partial charge in [-0.15, -0.1) is 0 Å². The van der Waals surface area contributed by atoms with E-state index in [9.17, 15) is 9.59 Å². The summed E-state index contributed by atoms with van der Waals surface area (Å²) in [6.45, 7) is 0.120. The Hall–Kier alpha value is -4.36. The molecule has 0 saturated heterocycles. The predicted molar refractivity (Wildman–Crippen MR) is 128 cm³/mol. The summed E-state index contributed by atoms with van der Waals surface area (Å²) in [6, 6.07) is 22.6. The van der Waals surface area contributed by atoms with Gasteiger partial charge in [-0.1, -0.05) is 54.1 Å². The topological polar surface area (TPSA) is 86.2 Å². The highest BCUT2D eigenvalue weighted by atomic mass is 35.5. The molecule has 5 rings (SSSR count). The van der Waals surface area contributed by atoms with Gasteiger partial charge in [-0.05, 0) is 47.2 Å². The number of rotatable bonds is 5. The second-order valence-electron chi connectivity index (χ2n) is 7.34. The third-order valence-electron chi connectivity index (χ3n) is 5.22. The van der Waals surface area contributed by atoms with E-state index in [0.717, 1.165) is 10.8 Å². The molecule has 8 heteroatoms. The quantitative estimate of drug-likeness (QED) is 0.186. The van der Waals surface area contributed by atoms with Crippen LogP contribution in [0.5, 0.6) is 17.2 Å². The molecule has 168 valence electrons. The molecule has 4 aromatic carbocycles. The minimum Gasteiger partial charge on any atom is -0.454 e. The van der Waals surface area contributed by atoms with Crippen molar-refractivity contribution in [2.45, 2.75) is 0 Å². The first-order valence-corrected chi connectivity index (χ1v) is 10.7. The molecule has 0 unspecified atom stereocenters. The van der Waals surface area contributed by atoms with E-state index in [2.05, 4.69) is 10.5 Å². The van der Waals surface area contributed by atoms with E-state index in [-0.39, 0.29) is 18.1 Å². The number of nitrogens with zero attached hydrogens (tertiary/aromatic N) is 1. The van der Waals surface area contributed by atoms with Crippen molar-refractivity contribution in [3.8, 4) is 17.2 Å². The minimum absolute atomic E-state index is 0.120. The number of amides is 1. The lowest BCUT2D eigenvalue weighted by Gasteiger charge is -2.11. The van der Waals surface area contributed by atoms with Gasteiger partial charge in [0.1, 0.15) is 5.75 Å². The zero-order chi connectivity index (χ0) is 23.5. The van der Waals surface area contributed by atoms with E-state index in [1.807, 2.05) is 30.3 Å². The summed E-state index contributed by atoms with van der Waals surface area (Å²) in [5.74, 6) is 0.342. The van der Waals surface area contributed by atoms with Crippen LogP contribution in [0.3, 0.4) is 0 Å². The van der Waals surface area contributed by atoms with Crippen LogP contribution in [0.1, 0.15) is 26.3 Å². The van der Waals surface area contributed by atoms with Gasteiger partial charge in [-0.2, -0.15) is 5.10 Å². The number of carbonyl (C=O) groups is 2. The predicted octanol–water partition coefficient (Wildman–Crippen LogP) is 5.21. The number of benzene rings is 4. The molecule has 0 spiro atoms. The normalized spacial score (nSPS) is 12.1. The van der Waals surface area contributed by atoms with Gasteiger partial charge in [-0.25, -0.2) is 10.2 Å². The van der Waals surface area contributed by atoms with Crippen LogP contribution in [-0.2, 0) is 0 Å². The molecule has 4 aromatic rings. The molecular weight excluding hydrogens is 456 g/mol. The Kier molecular flexibility index (Phi) is 5.84. The molecule has 0 aliphatic carbocycles. The van der Waals surface area contributed by atoms with Crippen molar-refractivity contribution >= 4 is 40.5 Å². The van der Waals surface area contributed by atoms with Gasteiger partial charge in [0.15, 0.2) is 11.5 Å². The highest BCUT2D eigenvalue weighted by molar-refractivity contribution is 6.33. The number of ether oxygens (including phenoxy) is 3. The number of fused-ring (bicyclic) bond motifs is 2. The number of halogens is 1. The van der Waals surface area contributed by atoms with Crippen LogP contribution in [0.25, 0.3) is 10.8 Å². The first kappa shape index (κ1) is 21.5. The summed E-state index contributed by atoms with van der Waals surface area (Å²) in [4.78, 5) is 25.3. The minimum atomic E-state index is -0.597. The van der Waals surface area contributed by atoms with Gasteiger partial charge in [0.05, 0.1) is 16.8 Å². The van der Waals surface area contributed by atoms with Gasteiger partial charge in [0, 0.05) is 11.1 Å². The zero-order valence-electron chi connectivity index (χ0n) is 17.7. The van der Waals surface area contributed by atoms with E-state index < -0.39 is 11.9 Å². The molecular formula is C26H17ClN2O5. The standard InChI is InChI=1S/C26H17ClN2O5/c27-21-8-4-3-7-19(21)26(31)34-22-11-9-16-5-1-2-6-18(16)20(22)14-28-29-25(30)17-10-12-23-24(13-17)33-15-32-23/h1-14H,15H2,(H,29,30)/b28-14-. The number of hydrogen-bond donors (Lipinski definition) is 1. The summed E-state index contributed by atoms with van der Waals surface area (Å²) in [5, 5.41) is 6.12. The molecule has 0 atom stereocenters. The van der Waals surface area contributed by atoms with Gasteiger partial charge < -0.3 is 14.2 Å². The van der Waals surface area contributed by atoms with E-state index >= 15 is 0 Å². The fraction of sp³-hybridized carbons (Fsp3) is 0.0385. The van der Waals surface area contributed by atoms with Crippen molar-refractivity contribution in [3.05, 3.63) is 101 Å². The number of nitrogens with one attached hydrogen (secondary N) is 1. The molecule has 1 heterocycles. The van der Waals surface area contributed by atoms with Gasteiger partial charge >= 0.3 is 5.97 Å².